The molecule has 16 heavy (non-hydrogen) atoms. The van der Waals surface area contributed by atoms with Crippen LogP contribution in [0.5, 0.6) is 0 Å². The summed E-state index contributed by atoms with van der Waals surface area (Å²) in [5.41, 5.74) is 0. The molecule has 1 aliphatic rings. The van der Waals surface area contributed by atoms with Crippen LogP contribution in [0.15, 0.2) is 0 Å². The summed E-state index contributed by atoms with van der Waals surface area (Å²) in [4.78, 5) is 0. The maximum atomic E-state index is 5.46. The van der Waals surface area contributed by atoms with Crippen LogP contribution < -0.4 is 0 Å². The number of hydrogen-bond acceptors (Lipinski definition) is 6. The average molecular weight is 252 g/mol. The molecule has 0 spiro atoms. The second-order valence-electron chi connectivity index (χ2n) is 3.34. The molecule has 0 radical (unpaired) electrons. The molecule has 96 valence electrons. The molecule has 0 bridgehead atoms. The quantitative estimate of drug-likeness (QED) is 0.314. The first-order chi connectivity index (χ1) is 7.76. The highest BCUT2D eigenvalue weighted by atomic mass is 28.4. The summed E-state index contributed by atoms with van der Waals surface area (Å²) >= 11 is 0. The van der Waals surface area contributed by atoms with Crippen molar-refractivity contribution < 1.29 is 27.2 Å². The zero-order valence-electron chi connectivity index (χ0n) is 10.1. The van der Waals surface area contributed by atoms with E-state index in [0.717, 1.165) is 13.0 Å². The summed E-state index contributed by atoms with van der Waals surface area (Å²) < 4.78 is 31.1. The number of epoxide rings is 1. The first-order valence-corrected chi connectivity index (χ1v) is 6.88. The van der Waals surface area contributed by atoms with Gasteiger partial charge in [-0.3, -0.25) is 0 Å². The SMILES string of the molecule is CO[Si](OC)(OC)OCCCOCC1CO1. The van der Waals surface area contributed by atoms with Gasteiger partial charge in [0.1, 0.15) is 6.10 Å². The molecule has 1 aliphatic heterocycles. The molecule has 0 aliphatic carbocycles. The lowest BCUT2D eigenvalue weighted by Crippen LogP contribution is -2.46. The van der Waals surface area contributed by atoms with Crippen LogP contribution in [0, 0.1) is 0 Å². The van der Waals surface area contributed by atoms with Crippen molar-refractivity contribution in [3.05, 3.63) is 0 Å². The maximum absolute atomic E-state index is 5.46. The third-order valence-corrected chi connectivity index (χ3v) is 4.23. The minimum Gasteiger partial charge on any atom is -0.379 e. The number of hydrogen-bond donors (Lipinski definition) is 0. The summed E-state index contributed by atoms with van der Waals surface area (Å²) in [7, 11) is 1.67. The van der Waals surface area contributed by atoms with Crippen LogP contribution in [0.3, 0.4) is 0 Å². The van der Waals surface area contributed by atoms with Crippen molar-refractivity contribution in [2.75, 3.05) is 47.8 Å². The number of rotatable bonds is 10. The van der Waals surface area contributed by atoms with Crippen LogP contribution in [0.4, 0.5) is 0 Å². The first-order valence-electron chi connectivity index (χ1n) is 5.25. The molecule has 1 saturated heterocycles. The predicted molar refractivity (Wildman–Crippen MR) is 57.9 cm³/mol. The van der Waals surface area contributed by atoms with Gasteiger partial charge in [-0.15, -0.1) is 0 Å². The zero-order chi connectivity index (χ0) is 11.9. The van der Waals surface area contributed by atoms with Gasteiger partial charge in [0.05, 0.1) is 13.2 Å². The molecule has 0 aromatic carbocycles. The fourth-order valence-corrected chi connectivity index (χ4v) is 2.41. The van der Waals surface area contributed by atoms with Crippen LogP contribution in [0.1, 0.15) is 6.42 Å². The van der Waals surface area contributed by atoms with Crippen molar-refractivity contribution in [2.45, 2.75) is 12.5 Å². The molecule has 1 rings (SSSR count). The molecule has 1 heterocycles. The van der Waals surface area contributed by atoms with Crippen LogP contribution in [0.25, 0.3) is 0 Å². The highest BCUT2D eigenvalue weighted by Gasteiger charge is 2.41. The van der Waals surface area contributed by atoms with Gasteiger partial charge in [0.2, 0.25) is 0 Å². The minimum atomic E-state index is -2.87. The van der Waals surface area contributed by atoms with E-state index in [-0.39, 0.29) is 0 Å². The summed E-state index contributed by atoms with van der Waals surface area (Å²) in [5.74, 6) is 0. The van der Waals surface area contributed by atoms with Crippen LogP contribution >= 0.6 is 0 Å². The Morgan fingerprint density at radius 1 is 1.12 bits per heavy atom. The van der Waals surface area contributed by atoms with Crippen molar-refractivity contribution in [3.8, 4) is 0 Å². The van der Waals surface area contributed by atoms with E-state index >= 15 is 0 Å². The lowest BCUT2D eigenvalue weighted by atomic mass is 10.5. The topological polar surface area (TPSA) is 58.7 Å². The van der Waals surface area contributed by atoms with Gasteiger partial charge >= 0.3 is 9.05 Å². The highest BCUT2D eigenvalue weighted by Crippen LogP contribution is 2.10. The van der Waals surface area contributed by atoms with Gasteiger partial charge in [-0.25, -0.2) is 0 Å². The van der Waals surface area contributed by atoms with E-state index in [4.69, 9.17) is 27.2 Å². The lowest BCUT2D eigenvalue weighted by Gasteiger charge is -2.22. The van der Waals surface area contributed by atoms with Crippen molar-refractivity contribution >= 4 is 9.05 Å². The Morgan fingerprint density at radius 2 is 1.75 bits per heavy atom. The van der Waals surface area contributed by atoms with Gasteiger partial charge in [-0.05, 0) is 6.42 Å². The van der Waals surface area contributed by atoms with Crippen LogP contribution in [-0.2, 0) is 27.2 Å². The van der Waals surface area contributed by atoms with Crippen molar-refractivity contribution in [3.63, 3.8) is 0 Å². The third-order valence-electron chi connectivity index (χ3n) is 2.17. The van der Waals surface area contributed by atoms with E-state index in [1.807, 2.05) is 0 Å². The molecule has 1 unspecified atom stereocenters. The zero-order valence-corrected chi connectivity index (χ0v) is 11.1. The van der Waals surface area contributed by atoms with Crippen molar-refractivity contribution in [2.24, 2.45) is 0 Å². The molecular formula is C9H20O6Si. The summed E-state index contributed by atoms with van der Waals surface area (Å²) in [6.07, 6.45) is 1.09. The maximum Gasteiger partial charge on any atom is 0.678 e. The van der Waals surface area contributed by atoms with Gasteiger partial charge in [0.15, 0.2) is 0 Å². The van der Waals surface area contributed by atoms with Gasteiger partial charge in [0, 0.05) is 34.5 Å². The van der Waals surface area contributed by atoms with E-state index < -0.39 is 9.05 Å². The van der Waals surface area contributed by atoms with Gasteiger partial charge in [-0.1, -0.05) is 0 Å². The largest absolute Gasteiger partial charge is 0.678 e. The van der Waals surface area contributed by atoms with Crippen LogP contribution in [0.2, 0.25) is 0 Å². The molecule has 0 aromatic rings. The fourth-order valence-electron chi connectivity index (χ4n) is 1.16. The summed E-state index contributed by atoms with van der Waals surface area (Å²) in [5, 5.41) is 0. The van der Waals surface area contributed by atoms with E-state index in [1.165, 1.54) is 21.3 Å². The van der Waals surface area contributed by atoms with E-state index in [2.05, 4.69) is 0 Å². The molecular weight excluding hydrogens is 232 g/mol. The smallest absolute Gasteiger partial charge is 0.379 e. The van der Waals surface area contributed by atoms with Gasteiger partial charge in [-0.2, -0.15) is 0 Å². The predicted octanol–water partition coefficient (Wildman–Crippen LogP) is 0.183. The molecule has 1 atom stereocenters. The minimum absolute atomic E-state index is 0.311. The third kappa shape index (κ3) is 4.87. The Kier molecular flexibility index (Phi) is 6.43. The van der Waals surface area contributed by atoms with E-state index in [0.29, 0.717) is 25.9 Å². The molecule has 1 fully saturated rings. The first kappa shape index (κ1) is 14.0. The molecule has 0 saturated carbocycles. The molecule has 7 heteroatoms. The highest BCUT2D eigenvalue weighted by molar-refractivity contribution is 6.53. The standard InChI is InChI=1S/C9H20O6Si/c1-10-16(11-2,12-3)15-6-4-5-13-7-9-8-14-9/h9H,4-8H2,1-3H3. The molecule has 0 aromatic heterocycles. The van der Waals surface area contributed by atoms with E-state index in [9.17, 15) is 0 Å². The Labute approximate surface area is 97.2 Å². The van der Waals surface area contributed by atoms with Crippen LogP contribution in [-0.4, -0.2) is 62.9 Å². The normalized spacial score (nSPS) is 20.1. The van der Waals surface area contributed by atoms with Gasteiger partial charge < -0.3 is 27.2 Å². The average Bonchev–Trinajstić information content (AvgIpc) is 3.13. The molecule has 0 N–H and O–H groups in total. The second kappa shape index (κ2) is 7.33. The molecule has 0 amide bonds. The van der Waals surface area contributed by atoms with Crippen molar-refractivity contribution in [1.82, 2.24) is 0 Å². The fraction of sp³-hybridized carbons (Fsp3) is 1.00. The van der Waals surface area contributed by atoms with Gasteiger partial charge in [0.25, 0.3) is 0 Å². The Bertz CT molecular complexity index is 175. The Balaban J connectivity index is 1.98. The Morgan fingerprint density at radius 3 is 2.25 bits per heavy atom. The summed E-state index contributed by atoms with van der Waals surface area (Å²) in [6, 6.07) is 0. The second-order valence-corrected chi connectivity index (χ2v) is 5.86. The monoisotopic (exact) mass is 252 g/mol. The van der Waals surface area contributed by atoms with Crippen molar-refractivity contribution in [1.29, 1.82) is 0 Å². The van der Waals surface area contributed by atoms with E-state index in [1.54, 1.807) is 0 Å². The molecule has 6 nitrogen and oxygen atoms in total. The summed E-state index contributed by atoms with van der Waals surface area (Å²) in [6.45, 7) is 2.62. The lowest BCUT2D eigenvalue weighted by molar-refractivity contribution is -0.000108. The number of ether oxygens (including phenoxy) is 2. The Hall–Kier alpha value is -0.0231.